The Balaban J connectivity index is 4.22. The molecule has 0 rings (SSSR count). The van der Waals surface area contributed by atoms with Gasteiger partial charge in [0.1, 0.15) is 0 Å². The molecule has 0 atom stereocenters. The second-order valence-electron chi connectivity index (χ2n) is 2.49. The van der Waals surface area contributed by atoms with Crippen molar-refractivity contribution in [2.45, 2.75) is 33.1 Å². The van der Waals surface area contributed by atoms with Crippen molar-refractivity contribution in [3.05, 3.63) is 34.0 Å². The normalized spacial score (nSPS) is 12.3. The van der Waals surface area contributed by atoms with Gasteiger partial charge in [0.2, 0.25) is 0 Å². The van der Waals surface area contributed by atoms with Gasteiger partial charge in [0.25, 0.3) is 5.70 Å². The second-order valence-corrected chi connectivity index (χ2v) is 2.49. The minimum atomic E-state index is -0.345. The largest absolute Gasteiger partial charge is 0.265 e. The van der Waals surface area contributed by atoms with Crippen LogP contribution in [-0.4, -0.2) is 4.92 Å². The highest BCUT2D eigenvalue weighted by Crippen LogP contribution is 2.02. The van der Waals surface area contributed by atoms with E-state index in [4.69, 9.17) is 0 Å². The highest BCUT2D eigenvalue weighted by atomic mass is 16.6. The Morgan fingerprint density at radius 1 is 1.50 bits per heavy atom. The third-order valence-corrected chi connectivity index (χ3v) is 1.38. The lowest BCUT2D eigenvalue weighted by Gasteiger charge is -1.90. The fourth-order valence-corrected chi connectivity index (χ4v) is 0.734. The molecule has 0 N–H and O–H groups in total. The lowest BCUT2D eigenvalue weighted by atomic mass is 10.2. The molecule has 0 fully saturated rings. The number of hydrogen-bond donors (Lipinski definition) is 0. The molecule has 0 aliphatic heterocycles. The summed E-state index contributed by atoms with van der Waals surface area (Å²) in [4.78, 5) is 10.1. The fourth-order valence-electron chi connectivity index (χ4n) is 0.734. The fraction of sp³-hybridized carbons (Fsp3) is 0.556. The van der Waals surface area contributed by atoms with Crippen molar-refractivity contribution in [1.82, 2.24) is 0 Å². The van der Waals surface area contributed by atoms with E-state index in [9.17, 15) is 10.1 Å². The highest BCUT2D eigenvalue weighted by Gasteiger charge is 2.02. The minimum absolute atomic E-state index is 0.207. The average molecular weight is 169 g/mol. The molecule has 0 spiro atoms. The smallest absolute Gasteiger partial charge is 0.258 e. The Bertz CT molecular complexity index is 195. The van der Waals surface area contributed by atoms with Gasteiger partial charge in [-0.1, -0.05) is 26.3 Å². The van der Waals surface area contributed by atoms with Gasteiger partial charge < -0.3 is 0 Å². The molecule has 0 aliphatic rings. The Kier molecular flexibility index (Phi) is 5.97. The monoisotopic (exact) mass is 169 g/mol. The van der Waals surface area contributed by atoms with E-state index in [2.05, 4.69) is 0 Å². The number of unbranched alkanes of at least 4 members (excludes halogenated alkanes) is 1. The van der Waals surface area contributed by atoms with Crippen LogP contribution >= 0.6 is 0 Å². The molecule has 0 aliphatic carbocycles. The summed E-state index contributed by atoms with van der Waals surface area (Å²) in [6.45, 7) is 3.95. The van der Waals surface area contributed by atoms with Gasteiger partial charge in [-0.2, -0.15) is 0 Å². The summed E-state index contributed by atoms with van der Waals surface area (Å²) >= 11 is 0. The van der Waals surface area contributed by atoms with Crippen LogP contribution in [0.25, 0.3) is 0 Å². The molecule has 0 radical (unpaired) electrons. The molecule has 0 heterocycles. The number of nitro groups is 1. The summed E-state index contributed by atoms with van der Waals surface area (Å²) < 4.78 is 0. The second kappa shape index (κ2) is 6.58. The van der Waals surface area contributed by atoms with Gasteiger partial charge in [0.15, 0.2) is 0 Å². The van der Waals surface area contributed by atoms with E-state index in [0.717, 1.165) is 19.3 Å². The zero-order valence-corrected chi connectivity index (χ0v) is 7.62. The summed E-state index contributed by atoms with van der Waals surface area (Å²) in [7, 11) is 0. The van der Waals surface area contributed by atoms with Crippen molar-refractivity contribution in [3.8, 4) is 0 Å². The molecular weight excluding hydrogens is 154 g/mol. The molecule has 68 valence electrons. The summed E-state index contributed by atoms with van der Waals surface area (Å²) in [5.41, 5.74) is 0.207. The van der Waals surface area contributed by atoms with Crippen LogP contribution in [0.4, 0.5) is 0 Å². The first-order valence-corrected chi connectivity index (χ1v) is 4.23. The third-order valence-electron chi connectivity index (χ3n) is 1.38. The molecule has 0 unspecified atom stereocenters. The Labute approximate surface area is 72.9 Å². The van der Waals surface area contributed by atoms with E-state index in [1.54, 1.807) is 18.2 Å². The molecular formula is C9H15NO2. The van der Waals surface area contributed by atoms with Gasteiger partial charge in [-0.3, -0.25) is 10.1 Å². The number of allylic oxidation sites excluding steroid dienone is 3. The van der Waals surface area contributed by atoms with Crippen LogP contribution in [0.3, 0.4) is 0 Å². The standard InChI is InChI=1S/C9H15NO2/c1-3-5-7-9(10(11)12)8-6-4-2/h5,7-8H,3-4,6H2,1-2H3/b7-5-,9-8+. The summed E-state index contributed by atoms with van der Waals surface area (Å²) in [5.74, 6) is 0. The molecule has 3 nitrogen and oxygen atoms in total. The maximum absolute atomic E-state index is 10.4. The van der Waals surface area contributed by atoms with Crippen molar-refractivity contribution in [2.75, 3.05) is 0 Å². The maximum Gasteiger partial charge on any atom is 0.265 e. The lowest BCUT2D eigenvalue weighted by Crippen LogP contribution is -1.94. The Hall–Kier alpha value is -1.12. The van der Waals surface area contributed by atoms with Crippen LogP contribution in [0.2, 0.25) is 0 Å². The van der Waals surface area contributed by atoms with Crippen molar-refractivity contribution in [2.24, 2.45) is 0 Å². The lowest BCUT2D eigenvalue weighted by molar-refractivity contribution is -0.419. The number of hydrogen-bond acceptors (Lipinski definition) is 2. The zero-order valence-electron chi connectivity index (χ0n) is 7.62. The molecule has 12 heavy (non-hydrogen) atoms. The van der Waals surface area contributed by atoms with Crippen molar-refractivity contribution in [1.29, 1.82) is 0 Å². The first kappa shape index (κ1) is 10.9. The number of rotatable bonds is 5. The maximum atomic E-state index is 10.4. The third kappa shape index (κ3) is 4.66. The molecule has 3 heteroatoms. The van der Waals surface area contributed by atoms with E-state index >= 15 is 0 Å². The van der Waals surface area contributed by atoms with Gasteiger partial charge in [-0.25, -0.2) is 0 Å². The van der Waals surface area contributed by atoms with E-state index < -0.39 is 0 Å². The molecule has 0 saturated heterocycles. The first-order chi connectivity index (χ1) is 5.72. The molecule has 0 aromatic carbocycles. The van der Waals surface area contributed by atoms with Crippen LogP contribution < -0.4 is 0 Å². The topological polar surface area (TPSA) is 43.1 Å². The molecule has 0 amide bonds. The van der Waals surface area contributed by atoms with Crippen LogP contribution in [0, 0.1) is 10.1 Å². The predicted octanol–water partition coefficient (Wildman–Crippen LogP) is 2.91. The van der Waals surface area contributed by atoms with Crippen molar-refractivity contribution in [3.63, 3.8) is 0 Å². The summed E-state index contributed by atoms with van der Waals surface area (Å²) in [6.07, 6.45) is 7.56. The van der Waals surface area contributed by atoms with Crippen LogP contribution in [0.1, 0.15) is 33.1 Å². The van der Waals surface area contributed by atoms with Gasteiger partial charge in [-0.15, -0.1) is 0 Å². The van der Waals surface area contributed by atoms with Gasteiger partial charge in [0.05, 0.1) is 4.92 Å². The number of nitrogens with zero attached hydrogens (tertiary/aromatic N) is 1. The van der Waals surface area contributed by atoms with E-state index in [-0.39, 0.29) is 10.6 Å². The predicted molar refractivity (Wildman–Crippen MR) is 49.4 cm³/mol. The molecule has 0 bridgehead atoms. The summed E-state index contributed by atoms with van der Waals surface area (Å²) in [5, 5.41) is 10.4. The van der Waals surface area contributed by atoms with Crippen LogP contribution in [-0.2, 0) is 0 Å². The van der Waals surface area contributed by atoms with Gasteiger partial charge in [0, 0.05) is 6.08 Å². The van der Waals surface area contributed by atoms with Crippen LogP contribution in [0.5, 0.6) is 0 Å². The van der Waals surface area contributed by atoms with Gasteiger partial charge in [-0.05, 0) is 18.9 Å². The van der Waals surface area contributed by atoms with E-state index in [1.165, 1.54) is 0 Å². The van der Waals surface area contributed by atoms with Crippen LogP contribution in [0.15, 0.2) is 23.9 Å². The van der Waals surface area contributed by atoms with Gasteiger partial charge >= 0.3 is 0 Å². The Morgan fingerprint density at radius 3 is 2.58 bits per heavy atom. The summed E-state index contributed by atoms with van der Waals surface area (Å²) in [6, 6.07) is 0. The molecule has 0 saturated carbocycles. The minimum Gasteiger partial charge on any atom is -0.258 e. The van der Waals surface area contributed by atoms with E-state index in [1.807, 2.05) is 13.8 Å². The van der Waals surface area contributed by atoms with E-state index in [0.29, 0.717) is 0 Å². The molecule has 0 aromatic rings. The average Bonchev–Trinajstić information content (AvgIpc) is 2.04. The SMILES string of the molecule is CC/C=C\C(=C/CCC)[N+](=O)[O-]. The van der Waals surface area contributed by atoms with Crippen molar-refractivity contribution < 1.29 is 4.92 Å². The first-order valence-electron chi connectivity index (χ1n) is 4.23. The van der Waals surface area contributed by atoms with Crippen molar-refractivity contribution >= 4 is 0 Å². The molecule has 0 aromatic heterocycles. The Morgan fingerprint density at radius 2 is 2.17 bits per heavy atom. The highest BCUT2D eigenvalue weighted by molar-refractivity contribution is 5.10. The quantitative estimate of drug-likeness (QED) is 0.361. The zero-order chi connectivity index (χ0) is 9.40.